The monoisotopic (exact) mass is 371 g/mol. The standard InChI is InChI=1S/C19H18FN3O2S/c1-25-17-7-5-14(6-8-17)12-23-10-9-21-19(23)26-13-18(24)22-16-4-2-3-15(20)11-16/h2-11H,12-13H2,1H3,(H,22,24). The lowest BCUT2D eigenvalue weighted by atomic mass is 10.2. The summed E-state index contributed by atoms with van der Waals surface area (Å²) < 4.78 is 20.3. The van der Waals surface area contributed by atoms with Crippen LogP contribution in [0.3, 0.4) is 0 Å². The van der Waals surface area contributed by atoms with E-state index >= 15 is 0 Å². The maximum Gasteiger partial charge on any atom is 0.234 e. The largest absolute Gasteiger partial charge is 0.497 e. The molecule has 0 atom stereocenters. The van der Waals surface area contributed by atoms with Gasteiger partial charge in [-0.05, 0) is 35.9 Å². The Morgan fingerprint density at radius 3 is 2.81 bits per heavy atom. The molecule has 0 spiro atoms. The van der Waals surface area contributed by atoms with Crippen LogP contribution in [0, 0.1) is 5.82 Å². The molecule has 5 nitrogen and oxygen atoms in total. The highest BCUT2D eigenvalue weighted by Gasteiger charge is 2.09. The number of nitrogens with one attached hydrogen (secondary N) is 1. The number of methoxy groups -OCH3 is 1. The lowest BCUT2D eigenvalue weighted by Gasteiger charge is -2.09. The zero-order valence-corrected chi connectivity index (χ0v) is 15.0. The van der Waals surface area contributed by atoms with E-state index in [-0.39, 0.29) is 17.5 Å². The fourth-order valence-electron chi connectivity index (χ4n) is 2.38. The maximum atomic E-state index is 13.2. The first-order chi connectivity index (χ1) is 12.6. The van der Waals surface area contributed by atoms with Crippen molar-refractivity contribution in [2.24, 2.45) is 0 Å². The Hall–Kier alpha value is -2.80. The number of hydrogen-bond donors (Lipinski definition) is 1. The lowest BCUT2D eigenvalue weighted by molar-refractivity contribution is -0.113. The number of ether oxygens (including phenoxy) is 1. The van der Waals surface area contributed by atoms with Crippen LogP contribution in [0.15, 0.2) is 66.1 Å². The van der Waals surface area contributed by atoms with Crippen LogP contribution in [0.5, 0.6) is 5.75 Å². The fraction of sp³-hybridized carbons (Fsp3) is 0.158. The van der Waals surface area contributed by atoms with Crippen molar-refractivity contribution in [1.82, 2.24) is 9.55 Å². The number of aromatic nitrogens is 2. The van der Waals surface area contributed by atoms with E-state index in [4.69, 9.17) is 4.74 Å². The quantitative estimate of drug-likeness (QED) is 0.642. The molecule has 0 unspecified atom stereocenters. The Kier molecular flexibility index (Phi) is 5.91. The van der Waals surface area contributed by atoms with Crippen molar-refractivity contribution < 1.29 is 13.9 Å². The summed E-state index contributed by atoms with van der Waals surface area (Å²) in [5, 5.41) is 3.42. The summed E-state index contributed by atoms with van der Waals surface area (Å²) in [6, 6.07) is 13.6. The van der Waals surface area contributed by atoms with Crippen molar-refractivity contribution in [3.05, 3.63) is 72.3 Å². The van der Waals surface area contributed by atoms with Gasteiger partial charge in [-0.2, -0.15) is 0 Å². The van der Waals surface area contributed by atoms with E-state index in [1.54, 1.807) is 25.4 Å². The van der Waals surface area contributed by atoms with Gasteiger partial charge in [0.15, 0.2) is 5.16 Å². The zero-order valence-electron chi connectivity index (χ0n) is 14.2. The van der Waals surface area contributed by atoms with Gasteiger partial charge in [0.05, 0.1) is 12.9 Å². The van der Waals surface area contributed by atoms with Gasteiger partial charge in [0, 0.05) is 24.6 Å². The van der Waals surface area contributed by atoms with Crippen molar-refractivity contribution in [2.45, 2.75) is 11.7 Å². The van der Waals surface area contributed by atoms with Crippen LogP contribution in [0.25, 0.3) is 0 Å². The first-order valence-electron chi connectivity index (χ1n) is 7.96. The Bertz CT molecular complexity index is 881. The molecule has 3 rings (SSSR count). The van der Waals surface area contributed by atoms with Crippen molar-refractivity contribution in [1.29, 1.82) is 0 Å². The molecule has 0 aliphatic heterocycles. The van der Waals surface area contributed by atoms with Gasteiger partial charge in [0.2, 0.25) is 5.91 Å². The molecule has 1 aromatic heterocycles. The summed E-state index contributed by atoms with van der Waals surface area (Å²) in [5.41, 5.74) is 1.55. The Morgan fingerprint density at radius 2 is 2.08 bits per heavy atom. The van der Waals surface area contributed by atoms with Gasteiger partial charge >= 0.3 is 0 Å². The normalized spacial score (nSPS) is 10.5. The highest BCUT2D eigenvalue weighted by atomic mass is 32.2. The van der Waals surface area contributed by atoms with Gasteiger partial charge in [0.25, 0.3) is 0 Å². The molecule has 1 N–H and O–H groups in total. The molecule has 0 radical (unpaired) electrons. The third kappa shape index (κ3) is 4.86. The van der Waals surface area contributed by atoms with Gasteiger partial charge in [-0.1, -0.05) is 30.0 Å². The number of hydrogen-bond acceptors (Lipinski definition) is 4. The summed E-state index contributed by atoms with van der Waals surface area (Å²) >= 11 is 1.33. The molecule has 134 valence electrons. The van der Waals surface area contributed by atoms with Gasteiger partial charge in [-0.3, -0.25) is 4.79 Å². The molecule has 0 bridgehead atoms. The second kappa shape index (κ2) is 8.53. The molecule has 3 aromatic rings. The first kappa shape index (κ1) is 18.0. The summed E-state index contributed by atoms with van der Waals surface area (Å²) in [6.07, 6.45) is 3.58. The number of rotatable bonds is 7. The maximum absolute atomic E-state index is 13.2. The third-order valence-electron chi connectivity index (χ3n) is 3.63. The number of imidazole rings is 1. The molecule has 1 amide bonds. The second-order valence-corrected chi connectivity index (χ2v) is 6.48. The average Bonchev–Trinajstić information content (AvgIpc) is 3.08. The lowest BCUT2D eigenvalue weighted by Crippen LogP contribution is -2.14. The highest BCUT2D eigenvalue weighted by molar-refractivity contribution is 7.99. The topological polar surface area (TPSA) is 56.2 Å². The van der Waals surface area contributed by atoms with E-state index in [9.17, 15) is 9.18 Å². The molecule has 0 aliphatic rings. The number of amides is 1. The van der Waals surface area contributed by atoms with E-state index in [1.165, 1.54) is 23.9 Å². The van der Waals surface area contributed by atoms with Crippen LogP contribution < -0.4 is 10.1 Å². The minimum absolute atomic E-state index is 0.191. The van der Waals surface area contributed by atoms with Gasteiger partial charge in [-0.15, -0.1) is 0 Å². The second-order valence-electron chi connectivity index (χ2n) is 5.53. The Morgan fingerprint density at radius 1 is 1.27 bits per heavy atom. The summed E-state index contributed by atoms with van der Waals surface area (Å²) in [7, 11) is 1.63. The first-order valence-corrected chi connectivity index (χ1v) is 8.95. The predicted molar refractivity (Wildman–Crippen MR) is 100 cm³/mol. The van der Waals surface area contributed by atoms with E-state index in [0.29, 0.717) is 12.2 Å². The van der Waals surface area contributed by atoms with Crippen LogP contribution in [-0.2, 0) is 11.3 Å². The van der Waals surface area contributed by atoms with Crippen molar-refractivity contribution >= 4 is 23.4 Å². The average molecular weight is 371 g/mol. The predicted octanol–water partition coefficient (Wildman–Crippen LogP) is 3.81. The van der Waals surface area contributed by atoms with Crippen LogP contribution in [0.2, 0.25) is 0 Å². The van der Waals surface area contributed by atoms with Crippen LogP contribution >= 0.6 is 11.8 Å². The highest BCUT2D eigenvalue weighted by Crippen LogP contribution is 2.19. The minimum atomic E-state index is -0.384. The van der Waals surface area contributed by atoms with Crippen LogP contribution in [0.1, 0.15) is 5.56 Å². The number of anilines is 1. The molecule has 2 aromatic carbocycles. The SMILES string of the molecule is COc1ccc(Cn2ccnc2SCC(=O)Nc2cccc(F)c2)cc1. The smallest absolute Gasteiger partial charge is 0.234 e. The minimum Gasteiger partial charge on any atom is -0.497 e. The Labute approximate surface area is 155 Å². The molecule has 0 saturated carbocycles. The van der Waals surface area contributed by atoms with Gasteiger partial charge < -0.3 is 14.6 Å². The molecule has 7 heteroatoms. The van der Waals surface area contributed by atoms with E-state index in [2.05, 4.69) is 10.3 Å². The Balaban J connectivity index is 1.57. The summed E-state index contributed by atoms with van der Waals surface area (Å²) in [4.78, 5) is 16.4. The molecule has 0 fully saturated rings. The van der Waals surface area contributed by atoms with Crippen molar-refractivity contribution in [3.8, 4) is 5.75 Å². The number of benzene rings is 2. The molecular weight excluding hydrogens is 353 g/mol. The van der Waals surface area contributed by atoms with Crippen molar-refractivity contribution in [3.63, 3.8) is 0 Å². The molecule has 0 aliphatic carbocycles. The molecule has 26 heavy (non-hydrogen) atoms. The van der Waals surface area contributed by atoms with Crippen molar-refractivity contribution in [2.75, 3.05) is 18.2 Å². The molecule has 1 heterocycles. The fourth-order valence-corrected chi connectivity index (χ4v) is 3.14. The number of halogens is 1. The number of nitrogens with zero attached hydrogens (tertiary/aromatic N) is 2. The van der Waals surface area contributed by atoms with Crippen LogP contribution in [-0.4, -0.2) is 28.3 Å². The number of thioether (sulfide) groups is 1. The number of carbonyl (C=O) groups excluding carboxylic acids is 1. The zero-order chi connectivity index (χ0) is 18.4. The van der Waals surface area contributed by atoms with Gasteiger partial charge in [-0.25, -0.2) is 9.37 Å². The molecular formula is C19H18FN3O2S. The summed E-state index contributed by atoms with van der Waals surface area (Å²) in [5.74, 6) is 0.406. The van der Waals surface area contributed by atoms with E-state index in [0.717, 1.165) is 16.5 Å². The molecule has 0 saturated heterocycles. The van der Waals surface area contributed by atoms with Gasteiger partial charge in [0.1, 0.15) is 11.6 Å². The van der Waals surface area contributed by atoms with E-state index < -0.39 is 0 Å². The third-order valence-corrected chi connectivity index (χ3v) is 4.63. The van der Waals surface area contributed by atoms with Crippen LogP contribution in [0.4, 0.5) is 10.1 Å². The summed E-state index contributed by atoms with van der Waals surface area (Å²) in [6.45, 7) is 0.651. The van der Waals surface area contributed by atoms with E-state index in [1.807, 2.05) is 35.0 Å². The number of carbonyl (C=O) groups is 1.